The van der Waals surface area contributed by atoms with Crippen LogP contribution >= 0.6 is 11.6 Å². The molecule has 0 aliphatic carbocycles. The van der Waals surface area contributed by atoms with E-state index >= 15 is 0 Å². The van der Waals surface area contributed by atoms with Crippen LogP contribution in [-0.2, 0) is 15.8 Å². The van der Waals surface area contributed by atoms with E-state index in [2.05, 4.69) is 17.6 Å². The van der Waals surface area contributed by atoms with E-state index in [4.69, 9.17) is 11.6 Å². The van der Waals surface area contributed by atoms with Crippen LogP contribution in [0.5, 0.6) is 0 Å². The number of alkyl halides is 3. The van der Waals surface area contributed by atoms with Crippen molar-refractivity contribution < 1.29 is 22.8 Å². The summed E-state index contributed by atoms with van der Waals surface area (Å²) in [4.78, 5) is 23.5. The number of hydrogen-bond acceptors (Lipinski definition) is 2. The van der Waals surface area contributed by atoms with Gasteiger partial charge in [-0.25, -0.2) is 0 Å². The van der Waals surface area contributed by atoms with Crippen LogP contribution < -0.4 is 10.6 Å². The Morgan fingerprint density at radius 1 is 1.04 bits per heavy atom. The first-order chi connectivity index (χ1) is 11.8. The van der Waals surface area contributed by atoms with Gasteiger partial charge in [-0.1, -0.05) is 50.6 Å². The Hall–Kier alpha value is -1.76. The molecule has 0 spiro atoms. The standard InChI is InChI=1S/C17H22ClF3N2O2/c1-2-3-4-5-6-7-10-22-15(24)16(25)23-14-11-12(17(19,20)21)8-9-13(14)18/h8-9,11H,2-7,10H2,1H3,(H,22,24)(H,23,25). The molecule has 0 radical (unpaired) electrons. The van der Waals surface area contributed by atoms with Crippen LogP contribution in [0, 0.1) is 0 Å². The molecular formula is C17H22ClF3N2O2. The number of nitrogens with one attached hydrogen (secondary N) is 2. The summed E-state index contributed by atoms with van der Waals surface area (Å²) < 4.78 is 38.0. The minimum atomic E-state index is -4.57. The number of carbonyl (C=O) groups is 2. The van der Waals surface area contributed by atoms with Crippen molar-refractivity contribution in [3.63, 3.8) is 0 Å². The highest BCUT2D eigenvalue weighted by Gasteiger charge is 2.31. The van der Waals surface area contributed by atoms with Crippen LogP contribution in [0.25, 0.3) is 0 Å². The lowest BCUT2D eigenvalue weighted by Crippen LogP contribution is -2.36. The number of amides is 2. The molecule has 4 nitrogen and oxygen atoms in total. The van der Waals surface area contributed by atoms with Crippen molar-refractivity contribution in [3.8, 4) is 0 Å². The van der Waals surface area contributed by atoms with Crippen molar-refractivity contribution in [1.82, 2.24) is 5.32 Å². The van der Waals surface area contributed by atoms with Crippen LogP contribution in [0.15, 0.2) is 18.2 Å². The van der Waals surface area contributed by atoms with E-state index in [9.17, 15) is 22.8 Å². The molecule has 2 amide bonds. The predicted molar refractivity (Wildman–Crippen MR) is 91.5 cm³/mol. The minimum Gasteiger partial charge on any atom is -0.348 e. The number of carbonyl (C=O) groups excluding carboxylic acids is 2. The number of unbranched alkanes of at least 4 members (excludes halogenated alkanes) is 5. The second-order valence-corrected chi connectivity index (χ2v) is 6.08. The fraction of sp³-hybridized carbons (Fsp3) is 0.529. The fourth-order valence-electron chi connectivity index (χ4n) is 2.16. The van der Waals surface area contributed by atoms with Crippen LogP contribution in [-0.4, -0.2) is 18.4 Å². The van der Waals surface area contributed by atoms with Gasteiger partial charge in [0.1, 0.15) is 0 Å². The summed E-state index contributed by atoms with van der Waals surface area (Å²) >= 11 is 5.77. The summed E-state index contributed by atoms with van der Waals surface area (Å²) in [5.41, 5.74) is -1.21. The molecule has 140 valence electrons. The second-order valence-electron chi connectivity index (χ2n) is 5.67. The molecule has 0 bridgehead atoms. The molecule has 0 aliphatic rings. The Morgan fingerprint density at radius 2 is 1.68 bits per heavy atom. The Morgan fingerprint density at radius 3 is 2.32 bits per heavy atom. The molecule has 0 unspecified atom stereocenters. The molecule has 2 N–H and O–H groups in total. The Bertz CT molecular complexity index is 592. The summed E-state index contributed by atoms with van der Waals surface area (Å²) in [6, 6.07) is 2.52. The molecule has 0 fully saturated rings. The highest BCUT2D eigenvalue weighted by molar-refractivity contribution is 6.41. The van der Waals surface area contributed by atoms with Gasteiger partial charge >= 0.3 is 18.0 Å². The van der Waals surface area contributed by atoms with Gasteiger partial charge in [0, 0.05) is 6.54 Å². The van der Waals surface area contributed by atoms with Gasteiger partial charge in [0.25, 0.3) is 0 Å². The molecule has 1 aromatic carbocycles. The molecule has 8 heteroatoms. The van der Waals surface area contributed by atoms with Gasteiger partial charge in [-0.2, -0.15) is 13.2 Å². The average Bonchev–Trinajstić information content (AvgIpc) is 2.54. The van der Waals surface area contributed by atoms with E-state index < -0.39 is 23.6 Å². The van der Waals surface area contributed by atoms with Gasteiger partial charge in [-0.3, -0.25) is 9.59 Å². The number of halogens is 4. The van der Waals surface area contributed by atoms with Gasteiger partial charge in [-0.15, -0.1) is 0 Å². The van der Waals surface area contributed by atoms with Crippen molar-refractivity contribution in [2.45, 2.75) is 51.6 Å². The predicted octanol–water partition coefficient (Wildman–Crippen LogP) is 4.77. The highest BCUT2D eigenvalue weighted by atomic mass is 35.5. The van der Waals surface area contributed by atoms with Crippen molar-refractivity contribution in [3.05, 3.63) is 28.8 Å². The van der Waals surface area contributed by atoms with Crippen LogP contribution in [0.4, 0.5) is 18.9 Å². The number of benzene rings is 1. The zero-order valence-electron chi connectivity index (χ0n) is 14.0. The van der Waals surface area contributed by atoms with E-state index in [0.29, 0.717) is 12.6 Å². The molecular weight excluding hydrogens is 357 g/mol. The van der Waals surface area contributed by atoms with Crippen LogP contribution in [0.1, 0.15) is 51.0 Å². The molecule has 0 atom stereocenters. The summed E-state index contributed by atoms with van der Waals surface area (Å²) in [6.07, 6.45) is 1.65. The van der Waals surface area contributed by atoms with E-state index in [1.165, 1.54) is 6.42 Å². The lowest BCUT2D eigenvalue weighted by atomic mass is 10.1. The fourth-order valence-corrected chi connectivity index (χ4v) is 2.33. The topological polar surface area (TPSA) is 58.2 Å². The van der Waals surface area contributed by atoms with Crippen molar-refractivity contribution in [2.24, 2.45) is 0 Å². The minimum absolute atomic E-state index is 0.0786. The Kier molecular flexibility index (Phi) is 8.75. The zero-order valence-corrected chi connectivity index (χ0v) is 14.8. The third kappa shape index (κ3) is 7.77. The molecule has 25 heavy (non-hydrogen) atoms. The second kappa shape index (κ2) is 10.3. The molecule has 1 aromatic rings. The largest absolute Gasteiger partial charge is 0.416 e. The molecule has 0 saturated carbocycles. The van der Waals surface area contributed by atoms with Crippen LogP contribution in [0.2, 0.25) is 5.02 Å². The maximum absolute atomic E-state index is 12.7. The maximum Gasteiger partial charge on any atom is 0.416 e. The van der Waals surface area contributed by atoms with Gasteiger partial charge in [0.15, 0.2) is 0 Å². The number of hydrogen-bond donors (Lipinski definition) is 2. The van der Waals surface area contributed by atoms with Gasteiger partial charge in [0.2, 0.25) is 0 Å². The van der Waals surface area contributed by atoms with Gasteiger partial charge < -0.3 is 10.6 Å². The van der Waals surface area contributed by atoms with E-state index in [0.717, 1.165) is 44.2 Å². The maximum atomic E-state index is 12.7. The van der Waals surface area contributed by atoms with Gasteiger partial charge in [-0.05, 0) is 24.6 Å². The van der Waals surface area contributed by atoms with Crippen LogP contribution in [0.3, 0.4) is 0 Å². The average molecular weight is 379 g/mol. The monoisotopic (exact) mass is 378 g/mol. The molecule has 0 aliphatic heterocycles. The number of anilines is 1. The highest BCUT2D eigenvalue weighted by Crippen LogP contribution is 2.33. The SMILES string of the molecule is CCCCCCCCNC(=O)C(=O)Nc1cc(C(F)(F)F)ccc1Cl. The van der Waals surface area contributed by atoms with E-state index in [-0.39, 0.29) is 10.7 Å². The lowest BCUT2D eigenvalue weighted by Gasteiger charge is -2.11. The first-order valence-electron chi connectivity index (χ1n) is 8.21. The Labute approximate surface area is 150 Å². The van der Waals surface area contributed by atoms with Crippen molar-refractivity contribution in [2.75, 3.05) is 11.9 Å². The third-order valence-electron chi connectivity index (χ3n) is 3.56. The normalized spacial score (nSPS) is 11.2. The van der Waals surface area contributed by atoms with Crippen molar-refractivity contribution >= 4 is 29.1 Å². The zero-order chi connectivity index (χ0) is 18.9. The Balaban J connectivity index is 2.46. The molecule has 0 heterocycles. The van der Waals surface area contributed by atoms with E-state index in [1.54, 1.807) is 0 Å². The van der Waals surface area contributed by atoms with Crippen molar-refractivity contribution in [1.29, 1.82) is 0 Å². The number of rotatable bonds is 8. The summed E-state index contributed by atoms with van der Waals surface area (Å²) in [6.45, 7) is 2.46. The van der Waals surface area contributed by atoms with E-state index in [1.807, 2.05) is 0 Å². The first kappa shape index (κ1) is 21.3. The van der Waals surface area contributed by atoms with Gasteiger partial charge in [0.05, 0.1) is 16.3 Å². The summed E-state index contributed by atoms with van der Waals surface area (Å²) in [5, 5.41) is 4.47. The molecule has 0 saturated heterocycles. The smallest absolute Gasteiger partial charge is 0.348 e. The third-order valence-corrected chi connectivity index (χ3v) is 3.89. The quantitative estimate of drug-likeness (QED) is 0.505. The summed E-state index contributed by atoms with van der Waals surface area (Å²) in [5.74, 6) is -1.95. The first-order valence-corrected chi connectivity index (χ1v) is 8.59. The molecule has 1 rings (SSSR count). The summed E-state index contributed by atoms with van der Waals surface area (Å²) in [7, 11) is 0. The molecule has 0 aromatic heterocycles. The lowest BCUT2D eigenvalue weighted by molar-refractivity contribution is -0.137.